The number of hydrogen-bond acceptors (Lipinski definition) is 5. The molecule has 0 atom stereocenters. The third kappa shape index (κ3) is 2.05. The number of tetrazole rings is 1. The van der Waals surface area contributed by atoms with Crippen LogP contribution >= 0.6 is 0 Å². The summed E-state index contributed by atoms with van der Waals surface area (Å²) in [5.41, 5.74) is 4.58. The minimum absolute atomic E-state index is 0.612. The summed E-state index contributed by atoms with van der Waals surface area (Å²) in [6.45, 7) is 2.13. The highest BCUT2D eigenvalue weighted by atomic mass is 15.5. The molecule has 4 rings (SSSR count). The SMILES string of the molecule is CCc1cccc(Nc2nc3ccccc3n3nnnc23)c1. The lowest BCUT2D eigenvalue weighted by atomic mass is 10.1. The smallest absolute Gasteiger partial charge is 0.222 e. The molecule has 0 bridgehead atoms. The van der Waals surface area contributed by atoms with E-state index in [0.717, 1.165) is 23.1 Å². The van der Waals surface area contributed by atoms with Crippen LogP contribution in [0.3, 0.4) is 0 Å². The second kappa shape index (κ2) is 5.07. The summed E-state index contributed by atoms with van der Waals surface area (Å²) in [6, 6.07) is 16.1. The number of benzene rings is 2. The first kappa shape index (κ1) is 12.7. The van der Waals surface area contributed by atoms with Crippen molar-refractivity contribution in [2.45, 2.75) is 13.3 Å². The molecule has 0 saturated heterocycles. The van der Waals surface area contributed by atoms with Crippen LogP contribution in [0.4, 0.5) is 11.5 Å². The summed E-state index contributed by atoms with van der Waals surface area (Å²) in [5.74, 6) is 0.650. The van der Waals surface area contributed by atoms with Gasteiger partial charge in [-0.15, -0.1) is 5.10 Å². The summed E-state index contributed by atoms with van der Waals surface area (Å²) < 4.78 is 1.70. The molecule has 6 heteroatoms. The fourth-order valence-corrected chi connectivity index (χ4v) is 2.49. The number of rotatable bonds is 3. The quantitative estimate of drug-likeness (QED) is 0.628. The highest BCUT2D eigenvalue weighted by molar-refractivity contribution is 5.83. The summed E-state index contributed by atoms with van der Waals surface area (Å²) in [6.07, 6.45) is 0.989. The van der Waals surface area contributed by atoms with Crippen LogP contribution < -0.4 is 5.32 Å². The van der Waals surface area contributed by atoms with Crippen LogP contribution in [-0.2, 0) is 6.42 Å². The zero-order chi connectivity index (χ0) is 14.9. The van der Waals surface area contributed by atoms with Gasteiger partial charge in [0, 0.05) is 5.69 Å². The number of para-hydroxylation sites is 2. The van der Waals surface area contributed by atoms with Crippen LogP contribution in [0.1, 0.15) is 12.5 Å². The molecule has 0 fully saturated rings. The van der Waals surface area contributed by atoms with Crippen LogP contribution in [-0.4, -0.2) is 25.0 Å². The predicted octanol–water partition coefficient (Wildman–Crippen LogP) is 2.98. The third-order valence-corrected chi connectivity index (χ3v) is 3.62. The van der Waals surface area contributed by atoms with Crippen LogP contribution in [0.2, 0.25) is 0 Å². The second-order valence-corrected chi connectivity index (χ2v) is 5.04. The van der Waals surface area contributed by atoms with E-state index in [-0.39, 0.29) is 0 Å². The maximum absolute atomic E-state index is 4.65. The summed E-state index contributed by atoms with van der Waals surface area (Å²) in [7, 11) is 0. The minimum Gasteiger partial charge on any atom is -0.337 e. The molecule has 1 N–H and O–H groups in total. The molecule has 2 aromatic heterocycles. The van der Waals surface area contributed by atoms with Gasteiger partial charge in [0.25, 0.3) is 0 Å². The first-order valence-electron chi connectivity index (χ1n) is 7.18. The molecule has 0 aliphatic carbocycles. The van der Waals surface area contributed by atoms with Crippen molar-refractivity contribution < 1.29 is 0 Å². The maximum atomic E-state index is 4.65. The fraction of sp³-hybridized carbons (Fsp3) is 0.125. The normalized spacial score (nSPS) is 11.1. The van der Waals surface area contributed by atoms with Gasteiger partial charge in [0.15, 0.2) is 5.82 Å². The van der Waals surface area contributed by atoms with Crippen LogP contribution in [0.15, 0.2) is 48.5 Å². The van der Waals surface area contributed by atoms with Gasteiger partial charge in [-0.05, 0) is 46.7 Å². The molecule has 6 nitrogen and oxygen atoms in total. The number of fused-ring (bicyclic) bond motifs is 3. The van der Waals surface area contributed by atoms with Gasteiger partial charge >= 0.3 is 0 Å². The largest absolute Gasteiger partial charge is 0.337 e. The third-order valence-electron chi connectivity index (χ3n) is 3.62. The van der Waals surface area contributed by atoms with Crippen molar-refractivity contribution in [2.75, 3.05) is 5.32 Å². The molecule has 4 aromatic rings. The molecular formula is C16H14N6. The van der Waals surface area contributed by atoms with E-state index in [1.165, 1.54) is 5.56 Å². The topological polar surface area (TPSA) is 68.0 Å². The van der Waals surface area contributed by atoms with E-state index < -0.39 is 0 Å². The Morgan fingerprint density at radius 3 is 2.91 bits per heavy atom. The van der Waals surface area contributed by atoms with E-state index in [0.29, 0.717) is 11.5 Å². The first-order chi connectivity index (χ1) is 10.8. The molecule has 22 heavy (non-hydrogen) atoms. The number of nitrogens with zero attached hydrogens (tertiary/aromatic N) is 5. The Kier molecular flexibility index (Phi) is 2.93. The molecule has 0 spiro atoms. The van der Waals surface area contributed by atoms with Crippen molar-refractivity contribution >= 4 is 28.2 Å². The highest BCUT2D eigenvalue weighted by Crippen LogP contribution is 2.22. The monoisotopic (exact) mass is 290 g/mol. The average Bonchev–Trinajstić information content (AvgIpc) is 3.05. The van der Waals surface area contributed by atoms with Crippen molar-refractivity contribution in [3.63, 3.8) is 0 Å². The molecular weight excluding hydrogens is 276 g/mol. The van der Waals surface area contributed by atoms with E-state index in [2.05, 4.69) is 44.9 Å². The molecule has 0 radical (unpaired) electrons. The Bertz CT molecular complexity index is 959. The van der Waals surface area contributed by atoms with Gasteiger partial charge in [-0.3, -0.25) is 0 Å². The molecule has 0 amide bonds. The van der Waals surface area contributed by atoms with E-state index in [1.807, 2.05) is 36.4 Å². The predicted molar refractivity (Wildman–Crippen MR) is 85.2 cm³/mol. The Labute approximate surface area is 126 Å². The summed E-state index contributed by atoms with van der Waals surface area (Å²) in [5, 5.41) is 15.2. The standard InChI is InChI=1S/C16H14N6/c1-2-11-6-5-7-12(10-11)17-15-16-19-20-21-22(16)14-9-4-3-8-13(14)18-15/h3-10H,2H2,1H3,(H,17,18). The molecule has 0 saturated carbocycles. The number of aromatic nitrogens is 5. The summed E-state index contributed by atoms with van der Waals surface area (Å²) in [4.78, 5) is 4.65. The van der Waals surface area contributed by atoms with Crippen molar-refractivity contribution in [3.8, 4) is 0 Å². The lowest BCUT2D eigenvalue weighted by Gasteiger charge is -2.09. The van der Waals surface area contributed by atoms with E-state index >= 15 is 0 Å². The van der Waals surface area contributed by atoms with E-state index in [9.17, 15) is 0 Å². The minimum atomic E-state index is 0.612. The molecule has 2 aromatic carbocycles. The Hall–Kier alpha value is -3.02. The number of aryl methyl sites for hydroxylation is 1. The van der Waals surface area contributed by atoms with Gasteiger partial charge in [0.05, 0.1) is 11.0 Å². The van der Waals surface area contributed by atoms with E-state index in [1.54, 1.807) is 4.52 Å². The highest BCUT2D eigenvalue weighted by Gasteiger charge is 2.11. The van der Waals surface area contributed by atoms with Crippen molar-refractivity contribution in [3.05, 3.63) is 54.1 Å². The van der Waals surface area contributed by atoms with Crippen LogP contribution in [0, 0.1) is 0 Å². The second-order valence-electron chi connectivity index (χ2n) is 5.04. The molecule has 0 unspecified atom stereocenters. The fourth-order valence-electron chi connectivity index (χ4n) is 2.49. The Morgan fingerprint density at radius 2 is 2.00 bits per heavy atom. The zero-order valence-electron chi connectivity index (χ0n) is 12.1. The first-order valence-corrected chi connectivity index (χ1v) is 7.18. The number of nitrogens with one attached hydrogen (secondary N) is 1. The van der Waals surface area contributed by atoms with Crippen molar-refractivity contribution in [2.24, 2.45) is 0 Å². The van der Waals surface area contributed by atoms with Gasteiger partial charge < -0.3 is 5.32 Å². The maximum Gasteiger partial charge on any atom is 0.222 e. The lowest BCUT2D eigenvalue weighted by Crippen LogP contribution is -2.01. The Balaban J connectivity index is 1.87. The number of anilines is 2. The molecule has 2 heterocycles. The van der Waals surface area contributed by atoms with Crippen LogP contribution in [0.5, 0.6) is 0 Å². The molecule has 108 valence electrons. The van der Waals surface area contributed by atoms with Gasteiger partial charge in [-0.2, -0.15) is 4.52 Å². The molecule has 0 aliphatic rings. The average molecular weight is 290 g/mol. The van der Waals surface area contributed by atoms with Crippen molar-refractivity contribution in [1.82, 2.24) is 25.0 Å². The number of hydrogen-bond donors (Lipinski definition) is 1. The van der Waals surface area contributed by atoms with Gasteiger partial charge in [-0.1, -0.05) is 31.2 Å². The zero-order valence-corrected chi connectivity index (χ0v) is 12.1. The Morgan fingerprint density at radius 1 is 1.09 bits per heavy atom. The van der Waals surface area contributed by atoms with Crippen molar-refractivity contribution in [1.29, 1.82) is 0 Å². The van der Waals surface area contributed by atoms with Gasteiger partial charge in [0.1, 0.15) is 0 Å². The summed E-state index contributed by atoms with van der Waals surface area (Å²) >= 11 is 0. The van der Waals surface area contributed by atoms with E-state index in [4.69, 9.17) is 0 Å². The van der Waals surface area contributed by atoms with Gasteiger partial charge in [0.2, 0.25) is 5.65 Å². The van der Waals surface area contributed by atoms with Crippen LogP contribution in [0.25, 0.3) is 16.7 Å². The van der Waals surface area contributed by atoms with Gasteiger partial charge in [-0.25, -0.2) is 4.98 Å². The molecule has 0 aliphatic heterocycles. The lowest BCUT2D eigenvalue weighted by molar-refractivity contribution is 0.841.